The number of halogens is 1. The van der Waals surface area contributed by atoms with E-state index >= 15 is 0 Å². The maximum absolute atomic E-state index is 5.76. The van der Waals surface area contributed by atoms with Crippen LogP contribution >= 0.6 is 15.9 Å². The second-order valence-electron chi connectivity index (χ2n) is 5.35. The predicted octanol–water partition coefficient (Wildman–Crippen LogP) is 4.01. The number of hydrogen-bond donors (Lipinski definition) is 1. The zero-order valence-electron chi connectivity index (χ0n) is 12.2. The van der Waals surface area contributed by atoms with Crippen LogP contribution in [0.5, 0.6) is 11.5 Å². The molecule has 1 fully saturated rings. The molecule has 1 aliphatic carbocycles. The first-order chi connectivity index (χ1) is 9.79. The zero-order chi connectivity index (χ0) is 14.2. The molecule has 1 aromatic rings. The Morgan fingerprint density at radius 3 is 2.75 bits per heavy atom. The van der Waals surface area contributed by atoms with Gasteiger partial charge < -0.3 is 14.8 Å². The Morgan fingerprint density at radius 1 is 1.25 bits per heavy atom. The fourth-order valence-corrected chi connectivity index (χ4v) is 3.13. The Kier molecular flexibility index (Phi) is 6.67. The van der Waals surface area contributed by atoms with E-state index in [2.05, 4.69) is 21.2 Å². The first-order valence-corrected chi connectivity index (χ1v) is 8.26. The molecule has 3 nitrogen and oxygen atoms in total. The van der Waals surface area contributed by atoms with E-state index in [4.69, 9.17) is 9.47 Å². The molecule has 0 unspecified atom stereocenters. The smallest absolute Gasteiger partial charge is 0.133 e. The van der Waals surface area contributed by atoms with Gasteiger partial charge in [-0.2, -0.15) is 0 Å². The lowest BCUT2D eigenvalue weighted by Crippen LogP contribution is -2.28. The van der Waals surface area contributed by atoms with Crippen molar-refractivity contribution in [2.24, 2.45) is 5.92 Å². The standard InChI is InChI=1S/C16H24BrNO2/c1-19-14-7-8-16(15(17)11-14)20-10-9-18-12-13-5-3-2-4-6-13/h7-8,11,13,18H,2-6,9-10,12H2,1H3. The van der Waals surface area contributed by atoms with Gasteiger partial charge in [-0.05, 0) is 59.4 Å². The lowest BCUT2D eigenvalue weighted by atomic mass is 9.89. The summed E-state index contributed by atoms with van der Waals surface area (Å²) in [4.78, 5) is 0. The molecule has 2 rings (SSSR count). The Balaban J connectivity index is 1.63. The van der Waals surface area contributed by atoms with Crippen LogP contribution < -0.4 is 14.8 Å². The zero-order valence-corrected chi connectivity index (χ0v) is 13.7. The van der Waals surface area contributed by atoms with Crippen LogP contribution in [0.4, 0.5) is 0 Å². The summed E-state index contributed by atoms with van der Waals surface area (Å²) in [6.45, 7) is 2.72. The van der Waals surface area contributed by atoms with Gasteiger partial charge in [0.15, 0.2) is 0 Å². The first kappa shape index (κ1) is 15.6. The molecule has 1 saturated carbocycles. The summed E-state index contributed by atoms with van der Waals surface area (Å²) in [5.41, 5.74) is 0. The highest BCUT2D eigenvalue weighted by molar-refractivity contribution is 9.10. The molecule has 0 radical (unpaired) electrons. The first-order valence-electron chi connectivity index (χ1n) is 7.46. The Hall–Kier alpha value is -0.740. The highest BCUT2D eigenvalue weighted by atomic mass is 79.9. The number of benzene rings is 1. The van der Waals surface area contributed by atoms with Crippen molar-refractivity contribution >= 4 is 15.9 Å². The molecule has 1 aliphatic rings. The molecule has 4 heteroatoms. The average molecular weight is 342 g/mol. The SMILES string of the molecule is COc1ccc(OCCNCC2CCCCC2)c(Br)c1. The van der Waals surface area contributed by atoms with Gasteiger partial charge in [-0.3, -0.25) is 0 Å². The summed E-state index contributed by atoms with van der Waals surface area (Å²) >= 11 is 3.49. The Labute approximate surface area is 130 Å². The molecule has 0 saturated heterocycles. The molecule has 0 amide bonds. The number of methoxy groups -OCH3 is 1. The summed E-state index contributed by atoms with van der Waals surface area (Å²) in [6, 6.07) is 5.77. The summed E-state index contributed by atoms with van der Waals surface area (Å²) in [7, 11) is 1.66. The van der Waals surface area contributed by atoms with Crippen LogP contribution in [-0.4, -0.2) is 26.8 Å². The molecule has 1 N–H and O–H groups in total. The molecule has 0 atom stereocenters. The van der Waals surface area contributed by atoms with E-state index in [1.54, 1.807) is 7.11 Å². The van der Waals surface area contributed by atoms with Crippen molar-refractivity contribution in [2.75, 3.05) is 26.8 Å². The highest BCUT2D eigenvalue weighted by Gasteiger charge is 2.12. The number of ether oxygens (including phenoxy) is 2. The van der Waals surface area contributed by atoms with Crippen molar-refractivity contribution in [3.63, 3.8) is 0 Å². The lowest BCUT2D eigenvalue weighted by Gasteiger charge is -2.21. The molecule has 112 valence electrons. The largest absolute Gasteiger partial charge is 0.497 e. The van der Waals surface area contributed by atoms with Gasteiger partial charge in [0.1, 0.15) is 18.1 Å². The second-order valence-corrected chi connectivity index (χ2v) is 6.21. The van der Waals surface area contributed by atoms with Gasteiger partial charge in [-0.15, -0.1) is 0 Å². The summed E-state index contributed by atoms with van der Waals surface area (Å²) in [5.74, 6) is 2.57. The molecule has 0 aromatic heterocycles. The third-order valence-corrected chi connectivity index (χ3v) is 4.45. The summed E-state index contributed by atoms with van der Waals surface area (Å²) in [5, 5.41) is 3.50. The van der Waals surface area contributed by atoms with Crippen molar-refractivity contribution in [3.05, 3.63) is 22.7 Å². The van der Waals surface area contributed by atoms with Crippen molar-refractivity contribution < 1.29 is 9.47 Å². The summed E-state index contributed by atoms with van der Waals surface area (Å²) < 4.78 is 11.9. The minimum absolute atomic E-state index is 0.692. The number of rotatable bonds is 7. The molecule has 0 aliphatic heterocycles. The topological polar surface area (TPSA) is 30.5 Å². The van der Waals surface area contributed by atoms with Crippen LogP contribution in [0.2, 0.25) is 0 Å². The van der Waals surface area contributed by atoms with E-state index in [1.807, 2.05) is 18.2 Å². The number of hydrogen-bond acceptors (Lipinski definition) is 3. The van der Waals surface area contributed by atoms with Gasteiger partial charge in [-0.25, -0.2) is 0 Å². The van der Waals surface area contributed by atoms with Crippen molar-refractivity contribution in [1.82, 2.24) is 5.32 Å². The van der Waals surface area contributed by atoms with Crippen LogP contribution in [0.25, 0.3) is 0 Å². The van der Waals surface area contributed by atoms with Crippen LogP contribution in [0.1, 0.15) is 32.1 Å². The average Bonchev–Trinajstić information content (AvgIpc) is 2.49. The van der Waals surface area contributed by atoms with E-state index < -0.39 is 0 Å². The minimum atomic E-state index is 0.692. The Morgan fingerprint density at radius 2 is 2.05 bits per heavy atom. The fourth-order valence-electron chi connectivity index (χ4n) is 2.66. The van der Waals surface area contributed by atoms with Gasteiger partial charge >= 0.3 is 0 Å². The second kappa shape index (κ2) is 8.53. The number of nitrogens with one attached hydrogen (secondary N) is 1. The molecule has 0 bridgehead atoms. The quantitative estimate of drug-likeness (QED) is 0.760. The van der Waals surface area contributed by atoms with Gasteiger partial charge in [0.05, 0.1) is 11.6 Å². The van der Waals surface area contributed by atoms with Crippen LogP contribution in [0, 0.1) is 5.92 Å². The van der Waals surface area contributed by atoms with E-state index in [1.165, 1.54) is 32.1 Å². The van der Waals surface area contributed by atoms with E-state index in [0.717, 1.165) is 35.0 Å². The van der Waals surface area contributed by atoms with E-state index in [9.17, 15) is 0 Å². The molecular formula is C16H24BrNO2. The summed E-state index contributed by atoms with van der Waals surface area (Å²) in [6.07, 6.45) is 7.00. The van der Waals surface area contributed by atoms with Gasteiger partial charge in [0.25, 0.3) is 0 Å². The molecule has 0 spiro atoms. The van der Waals surface area contributed by atoms with Crippen molar-refractivity contribution in [2.45, 2.75) is 32.1 Å². The van der Waals surface area contributed by atoms with E-state index in [-0.39, 0.29) is 0 Å². The van der Waals surface area contributed by atoms with Crippen molar-refractivity contribution in [1.29, 1.82) is 0 Å². The van der Waals surface area contributed by atoms with Gasteiger partial charge in [-0.1, -0.05) is 19.3 Å². The third-order valence-electron chi connectivity index (χ3n) is 3.83. The van der Waals surface area contributed by atoms with Gasteiger partial charge in [0, 0.05) is 6.54 Å². The Bertz CT molecular complexity index is 405. The molecule has 20 heavy (non-hydrogen) atoms. The molecular weight excluding hydrogens is 318 g/mol. The normalized spacial score (nSPS) is 16.1. The maximum atomic E-state index is 5.76. The van der Waals surface area contributed by atoms with Crippen LogP contribution in [-0.2, 0) is 0 Å². The highest BCUT2D eigenvalue weighted by Crippen LogP contribution is 2.29. The van der Waals surface area contributed by atoms with Crippen molar-refractivity contribution in [3.8, 4) is 11.5 Å². The van der Waals surface area contributed by atoms with Crippen LogP contribution in [0.15, 0.2) is 22.7 Å². The molecule has 1 aromatic carbocycles. The minimum Gasteiger partial charge on any atom is -0.497 e. The third kappa shape index (κ3) is 4.98. The fraction of sp³-hybridized carbons (Fsp3) is 0.625. The predicted molar refractivity (Wildman–Crippen MR) is 85.6 cm³/mol. The van der Waals surface area contributed by atoms with E-state index in [0.29, 0.717) is 6.61 Å². The van der Waals surface area contributed by atoms with Gasteiger partial charge in [0.2, 0.25) is 0 Å². The maximum Gasteiger partial charge on any atom is 0.133 e. The monoisotopic (exact) mass is 341 g/mol. The van der Waals surface area contributed by atoms with Crippen LogP contribution in [0.3, 0.4) is 0 Å². The molecule has 0 heterocycles. The lowest BCUT2D eigenvalue weighted by molar-refractivity contribution is 0.293.